The monoisotopic (exact) mass is 187 g/mol. The second kappa shape index (κ2) is 2.88. The molecule has 1 aliphatic heterocycles. The number of fused-ring (bicyclic) bond motifs is 1. The Hall–Kier alpha value is -1.24. The SMILES string of the molecule is C/C=C1\N(C)c2ccccc2C1(C)C. The first kappa shape index (κ1) is 9.32. The highest BCUT2D eigenvalue weighted by atomic mass is 15.2. The van der Waals surface area contributed by atoms with Crippen LogP contribution >= 0.6 is 0 Å². The maximum absolute atomic E-state index is 2.29. The summed E-state index contributed by atoms with van der Waals surface area (Å²) < 4.78 is 0. The smallest absolute Gasteiger partial charge is 0.0447 e. The van der Waals surface area contributed by atoms with E-state index in [9.17, 15) is 0 Å². The van der Waals surface area contributed by atoms with Crippen LogP contribution in [0, 0.1) is 0 Å². The fourth-order valence-electron chi connectivity index (χ4n) is 2.54. The van der Waals surface area contributed by atoms with E-state index in [-0.39, 0.29) is 5.41 Å². The molecule has 1 heteroatoms. The minimum Gasteiger partial charge on any atom is -0.347 e. The molecule has 1 aromatic rings. The van der Waals surface area contributed by atoms with E-state index in [1.54, 1.807) is 0 Å². The Labute approximate surface area is 86.1 Å². The van der Waals surface area contributed by atoms with Gasteiger partial charge in [0.1, 0.15) is 0 Å². The second-order valence-corrected chi connectivity index (χ2v) is 4.38. The van der Waals surface area contributed by atoms with Gasteiger partial charge in [-0.3, -0.25) is 0 Å². The minimum atomic E-state index is 0.153. The normalized spacial score (nSPS) is 21.4. The van der Waals surface area contributed by atoms with Crippen molar-refractivity contribution in [3.05, 3.63) is 41.6 Å². The van der Waals surface area contributed by atoms with E-state index in [1.165, 1.54) is 16.9 Å². The summed E-state index contributed by atoms with van der Waals surface area (Å²) in [4.78, 5) is 2.29. The van der Waals surface area contributed by atoms with Crippen molar-refractivity contribution in [2.45, 2.75) is 26.2 Å². The van der Waals surface area contributed by atoms with Gasteiger partial charge in [-0.15, -0.1) is 0 Å². The second-order valence-electron chi connectivity index (χ2n) is 4.38. The molecule has 0 unspecified atom stereocenters. The molecule has 0 atom stereocenters. The number of nitrogens with zero attached hydrogens (tertiary/aromatic N) is 1. The van der Waals surface area contributed by atoms with Crippen LogP contribution in [0.4, 0.5) is 5.69 Å². The number of para-hydroxylation sites is 1. The maximum atomic E-state index is 2.29. The first-order valence-electron chi connectivity index (χ1n) is 5.09. The van der Waals surface area contributed by atoms with Gasteiger partial charge in [0.25, 0.3) is 0 Å². The zero-order chi connectivity index (χ0) is 10.3. The van der Waals surface area contributed by atoms with Gasteiger partial charge in [-0.2, -0.15) is 0 Å². The van der Waals surface area contributed by atoms with Gasteiger partial charge in [0, 0.05) is 23.8 Å². The van der Waals surface area contributed by atoms with Crippen LogP contribution in [-0.4, -0.2) is 7.05 Å². The first-order chi connectivity index (χ1) is 6.59. The Bertz CT molecular complexity index is 388. The van der Waals surface area contributed by atoms with Crippen molar-refractivity contribution < 1.29 is 0 Å². The Balaban J connectivity index is 2.67. The average Bonchev–Trinajstić information content (AvgIpc) is 2.36. The maximum Gasteiger partial charge on any atom is 0.0447 e. The third-order valence-corrected chi connectivity index (χ3v) is 3.21. The predicted octanol–water partition coefficient (Wildman–Crippen LogP) is 3.32. The lowest BCUT2D eigenvalue weighted by Gasteiger charge is -2.23. The molecule has 1 nitrogen and oxygen atoms in total. The van der Waals surface area contributed by atoms with Crippen LogP contribution < -0.4 is 4.90 Å². The molecule has 1 aromatic carbocycles. The van der Waals surface area contributed by atoms with Crippen molar-refractivity contribution in [2.75, 3.05) is 11.9 Å². The van der Waals surface area contributed by atoms with Crippen LogP contribution in [0.3, 0.4) is 0 Å². The molecule has 1 aliphatic rings. The molecule has 0 bridgehead atoms. The standard InChI is InChI=1S/C13H17N/c1-5-12-13(2,3)10-8-6-7-9-11(10)14(12)4/h5-9H,1-4H3/b12-5-. The van der Waals surface area contributed by atoms with Crippen molar-refractivity contribution in [1.29, 1.82) is 0 Å². The topological polar surface area (TPSA) is 3.24 Å². The number of rotatable bonds is 0. The molecule has 14 heavy (non-hydrogen) atoms. The van der Waals surface area contributed by atoms with Crippen molar-refractivity contribution in [3.63, 3.8) is 0 Å². The van der Waals surface area contributed by atoms with Gasteiger partial charge in [-0.1, -0.05) is 38.1 Å². The van der Waals surface area contributed by atoms with E-state index in [2.05, 4.69) is 63.1 Å². The molecule has 2 rings (SSSR count). The predicted molar refractivity (Wildman–Crippen MR) is 61.6 cm³/mol. The lowest BCUT2D eigenvalue weighted by molar-refractivity contribution is 0.639. The van der Waals surface area contributed by atoms with Crippen LogP contribution in [-0.2, 0) is 5.41 Å². The fourth-order valence-corrected chi connectivity index (χ4v) is 2.54. The number of benzene rings is 1. The average molecular weight is 187 g/mol. The third kappa shape index (κ3) is 1.02. The first-order valence-corrected chi connectivity index (χ1v) is 5.09. The van der Waals surface area contributed by atoms with Crippen LogP contribution in [0.2, 0.25) is 0 Å². The molecule has 0 N–H and O–H groups in total. The highest BCUT2D eigenvalue weighted by molar-refractivity contribution is 5.69. The molecule has 0 spiro atoms. The molecule has 74 valence electrons. The molecular formula is C13H17N. The highest BCUT2D eigenvalue weighted by Crippen LogP contribution is 2.46. The highest BCUT2D eigenvalue weighted by Gasteiger charge is 2.37. The van der Waals surface area contributed by atoms with E-state index < -0.39 is 0 Å². The summed E-state index contributed by atoms with van der Waals surface area (Å²) in [5.41, 5.74) is 4.31. The quantitative estimate of drug-likeness (QED) is 0.602. The Morgan fingerprint density at radius 2 is 1.86 bits per heavy atom. The lowest BCUT2D eigenvalue weighted by Crippen LogP contribution is -2.22. The fraction of sp³-hybridized carbons (Fsp3) is 0.385. The van der Waals surface area contributed by atoms with Gasteiger partial charge in [0.05, 0.1) is 0 Å². The lowest BCUT2D eigenvalue weighted by atomic mass is 9.84. The molecule has 0 radical (unpaired) electrons. The van der Waals surface area contributed by atoms with E-state index in [4.69, 9.17) is 0 Å². The Morgan fingerprint density at radius 3 is 2.43 bits per heavy atom. The minimum absolute atomic E-state index is 0.153. The van der Waals surface area contributed by atoms with Crippen LogP contribution in [0.15, 0.2) is 36.0 Å². The molecular weight excluding hydrogens is 170 g/mol. The van der Waals surface area contributed by atoms with Crippen LogP contribution in [0.5, 0.6) is 0 Å². The summed E-state index contributed by atoms with van der Waals surface area (Å²) >= 11 is 0. The summed E-state index contributed by atoms with van der Waals surface area (Å²) in [6.07, 6.45) is 2.21. The van der Waals surface area contributed by atoms with E-state index >= 15 is 0 Å². The van der Waals surface area contributed by atoms with Crippen molar-refractivity contribution in [2.24, 2.45) is 0 Å². The summed E-state index contributed by atoms with van der Waals surface area (Å²) in [5.74, 6) is 0. The zero-order valence-electron chi connectivity index (χ0n) is 9.33. The molecule has 1 heterocycles. The molecule has 0 aromatic heterocycles. The van der Waals surface area contributed by atoms with Gasteiger partial charge in [-0.05, 0) is 18.6 Å². The van der Waals surface area contributed by atoms with Crippen LogP contribution in [0.25, 0.3) is 0 Å². The molecule has 0 saturated carbocycles. The van der Waals surface area contributed by atoms with E-state index in [0.717, 1.165) is 0 Å². The largest absolute Gasteiger partial charge is 0.347 e. The number of hydrogen-bond acceptors (Lipinski definition) is 1. The van der Waals surface area contributed by atoms with Crippen molar-refractivity contribution in [3.8, 4) is 0 Å². The van der Waals surface area contributed by atoms with Gasteiger partial charge < -0.3 is 4.90 Å². The molecule has 0 amide bonds. The summed E-state index contributed by atoms with van der Waals surface area (Å²) in [6, 6.07) is 8.63. The van der Waals surface area contributed by atoms with Crippen molar-refractivity contribution in [1.82, 2.24) is 0 Å². The summed E-state index contributed by atoms with van der Waals surface area (Å²) in [6.45, 7) is 6.68. The van der Waals surface area contributed by atoms with Crippen molar-refractivity contribution >= 4 is 5.69 Å². The van der Waals surface area contributed by atoms with Crippen LogP contribution in [0.1, 0.15) is 26.3 Å². The number of anilines is 1. The Morgan fingerprint density at radius 1 is 1.21 bits per heavy atom. The summed E-state index contributed by atoms with van der Waals surface area (Å²) in [7, 11) is 2.14. The molecule has 0 fully saturated rings. The zero-order valence-corrected chi connectivity index (χ0v) is 9.33. The Kier molecular flexibility index (Phi) is 1.91. The van der Waals surface area contributed by atoms with E-state index in [1.807, 2.05) is 0 Å². The molecule has 0 aliphatic carbocycles. The third-order valence-electron chi connectivity index (χ3n) is 3.21. The van der Waals surface area contributed by atoms with Gasteiger partial charge in [0.15, 0.2) is 0 Å². The van der Waals surface area contributed by atoms with Gasteiger partial charge in [-0.25, -0.2) is 0 Å². The van der Waals surface area contributed by atoms with Gasteiger partial charge in [0.2, 0.25) is 0 Å². The number of hydrogen-bond donors (Lipinski definition) is 0. The number of likely N-dealkylation sites (N-methyl/N-ethyl adjacent to an activating group) is 1. The summed E-state index contributed by atoms with van der Waals surface area (Å²) in [5, 5.41) is 0. The van der Waals surface area contributed by atoms with E-state index in [0.29, 0.717) is 0 Å². The molecule has 0 saturated heterocycles. The van der Waals surface area contributed by atoms with Gasteiger partial charge >= 0.3 is 0 Å². The number of allylic oxidation sites excluding steroid dienone is 2.